The van der Waals surface area contributed by atoms with Crippen LogP contribution in [0.2, 0.25) is 0 Å². The third kappa shape index (κ3) is 2.48. The van der Waals surface area contributed by atoms with Gasteiger partial charge in [0.05, 0.1) is 11.7 Å². The van der Waals surface area contributed by atoms with E-state index in [4.69, 9.17) is 4.74 Å². The number of Topliss-reactive ketones (excluding diaryl/α,β-unsaturated/α-hetero) is 1. The molecular weight excluding hydrogens is 378 g/mol. The molecule has 1 saturated carbocycles. The summed E-state index contributed by atoms with van der Waals surface area (Å²) in [6.07, 6.45) is 5.28. The number of carbonyl (C=O) groups is 2. The van der Waals surface area contributed by atoms with E-state index >= 15 is 0 Å². The molecule has 5 aliphatic rings. The summed E-state index contributed by atoms with van der Waals surface area (Å²) in [4.78, 5) is 27.6. The SMILES string of the molecule is CC1=C[C@@H]2[C@@H]3[C@H](CC(=O)[C@]24C(=O)N[C@@H](CC(C)C)[C@@H]4[C@@H]1C)[C@H]1C[C@@H](CO)C[C@]3(C)O1. The number of aliphatic hydroxyl groups excluding tert-OH is 1. The van der Waals surface area contributed by atoms with E-state index in [2.05, 4.69) is 46.0 Å². The molecule has 2 aliphatic carbocycles. The van der Waals surface area contributed by atoms with Crippen molar-refractivity contribution in [2.45, 2.75) is 78.0 Å². The molecule has 10 atom stereocenters. The molecule has 2 bridgehead atoms. The zero-order valence-electron chi connectivity index (χ0n) is 19.0. The lowest BCUT2D eigenvalue weighted by atomic mass is 9.46. The van der Waals surface area contributed by atoms with E-state index in [1.807, 2.05) is 0 Å². The highest BCUT2D eigenvalue weighted by Gasteiger charge is 2.74. The Bertz CT molecular complexity index is 805. The minimum atomic E-state index is -0.946. The van der Waals surface area contributed by atoms with Gasteiger partial charge in [0.25, 0.3) is 0 Å². The van der Waals surface area contributed by atoms with Crippen LogP contribution >= 0.6 is 0 Å². The van der Waals surface area contributed by atoms with E-state index in [0.717, 1.165) is 19.3 Å². The summed E-state index contributed by atoms with van der Waals surface area (Å²) in [5.41, 5.74) is -0.0151. The molecule has 0 radical (unpaired) electrons. The molecule has 3 aliphatic heterocycles. The number of rotatable bonds is 3. The predicted octanol–water partition coefficient (Wildman–Crippen LogP) is 3.11. The van der Waals surface area contributed by atoms with E-state index in [9.17, 15) is 14.7 Å². The molecule has 1 amide bonds. The second-order valence-corrected chi connectivity index (χ2v) is 11.6. The van der Waals surface area contributed by atoms with Crippen molar-refractivity contribution in [3.63, 3.8) is 0 Å². The number of fused-ring (bicyclic) bond motifs is 6. The van der Waals surface area contributed by atoms with Crippen LogP contribution in [-0.2, 0) is 14.3 Å². The maximum Gasteiger partial charge on any atom is 0.234 e. The molecule has 4 fully saturated rings. The number of aliphatic hydroxyl groups is 1. The van der Waals surface area contributed by atoms with Crippen LogP contribution in [-0.4, -0.2) is 41.2 Å². The highest BCUT2D eigenvalue weighted by Crippen LogP contribution is 2.66. The maximum absolute atomic E-state index is 13.9. The molecule has 0 aromatic heterocycles. The fraction of sp³-hybridized carbons (Fsp3) is 0.840. The molecule has 5 heteroatoms. The number of amides is 1. The first-order chi connectivity index (χ1) is 14.1. The van der Waals surface area contributed by atoms with Crippen LogP contribution in [0.4, 0.5) is 0 Å². The Morgan fingerprint density at radius 2 is 2.03 bits per heavy atom. The second-order valence-electron chi connectivity index (χ2n) is 11.6. The van der Waals surface area contributed by atoms with Gasteiger partial charge in [-0.1, -0.05) is 32.4 Å². The van der Waals surface area contributed by atoms with Crippen molar-refractivity contribution >= 4 is 11.7 Å². The third-order valence-electron chi connectivity index (χ3n) is 9.45. The Morgan fingerprint density at radius 3 is 2.70 bits per heavy atom. The normalized spacial score (nSPS) is 51.9. The number of hydrogen-bond acceptors (Lipinski definition) is 4. The monoisotopic (exact) mass is 415 g/mol. The van der Waals surface area contributed by atoms with E-state index in [1.165, 1.54) is 5.57 Å². The van der Waals surface area contributed by atoms with Crippen molar-refractivity contribution in [1.29, 1.82) is 0 Å². The highest BCUT2D eigenvalue weighted by atomic mass is 16.5. The smallest absolute Gasteiger partial charge is 0.234 e. The summed E-state index contributed by atoms with van der Waals surface area (Å²) >= 11 is 0. The number of ether oxygens (including phenoxy) is 1. The van der Waals surface area contributed by atoms with Gasteiger partial charge in [-0.25, -0.2) is 0 Å². The van der Waals surface area contributed by atoms with Gasteiger partial charge >= 0.3 is 0 Å². The van der Waals surface area contributed by atoms with Crippen LogP contribution in [0.3, 0.4) is 0 Å². The molecule has 1 spiro atoms. The van der Waals surface area contributed by atoms with Crippen molar-refractivity contribution in [1.82, 2.24) is 5.32 Å². The molecule has 0 aromatic carbocycles. The molecule has 3 heterocycles. The van der Waals surface area contributed by atoms with Crippen LogP contribution in [0.15, 0.2) is 11.6 Å². The fourth-order valence-corrected chi connectivity index (χ4v) is 8.43. The zero-order valence-corrected chi connectivity index (χ0v) is 19.0. The van der Waals surface area contributed by atoms with Gasteiger partial charge in [-0.15, -0.1) is 0 Å². The lowest BCUT2D eigenvalue weighted by Gasteiger charge is -2.53. The number of nitrogens with one attached hydrogen (secondary N) is 1. The van der Waals surface area contributed by atoms with Gasteiger partial charge < -0.3 is 15.2 Å². The van der Waals surface area contributed by atoms with Crippen molar-refractivity contribution in [3.8, 4) is 0 Å². The molecule has 30 heavy (non-hydrogen) atoms. The number of ketones is 1. The standard InChI is InChI=1S/C25H37NO4/c1-12(2)6-18-21-14(4)13(3)7-17-22-16(9-20(28)25(17,21)23(29)26-18)19-8-15(11-27)10-24(22,5)30-19/h7,12,14-19,21-22,27H,6,8-11H2,1-5H3,(H,26,29)/t14-,15-,16-,17-,18+,19-,21+,22+,24+,25-/m1/s1. The van der Waals surface area contributed by atoms with Crippen molar-refractivity contribution in [2.75, 3.05) is 6.61 Å². The zero-order chi connectivity index (χ0) is 21.6. The third-order valence-corrected chi connectivity index (χ3v) is 9.45. The van der Waals surface area contributed by atoms with Crippen LogP contribution in [0, 0.1) is 46.8 Å². The Morgan fingerprint density at radius 1 is 1.30 bits per heavy atom. The molecule has 3 saturated heterocycles. The second kappa shape index (κ2) is 6.65. The van der Waals surface area contributed by atoms with Crippen LogP contribution < -0.4 is 5.32 Å². The van der Waals surface area contributed by atoms with E-state index < -0.39 is 5.41 Å². The Hall–Kier alpha value is -1.20. The molecule has 5 rings (SSSR count). The maximum atomic E-state index is 13.9. The van der Waals surface area contributed by atoms with Crippen molar-refractivity contribution in [2.24, 2.45) is 46.8 Å². The topological polar surface area (TPSA) is 75.6 Å². The van der Waals surface area contributed by atoms with E-state index in [0.29, 0.717) is 12.3 Å². The van der Waals surface area contributed by atoms with Crippen molar-refractivity contribution in [3.05, 3.63) is 11.6 Å². The minimum absolute atomic E-state index is 0.0218. The predicted molar refractivity (Wildman–Crippen MR) is 113 cm³/mol. The van der Waals surface area contributed by atoms with Gasteiger partial charge in [-0.2, -0.15) is 0 Å². The fourth-order valence-electron chi connectivity index (χ4n) is 8.43. The summed E-state index contributed by atoms with van der Waals surface area (Å²) in [6, 6.07) is 0.0545. The molecule has 2 N–H and O–H groups in total. The van der Waals surface area contributed by atoms with Gasteiger partial charge in [0.2, 0.25) is 5.91 Å². The Balaban J connectivity index is 1.64. The lowest BCUT2D eigenvalue weighted by molar-refractivity contribution is -0.157. The number of hydrogen-bond donors (Lipinski definition) is 2. The summed E-state index contributed by atoms with van der Waals surface area (Å²) in [5.74, 6) is 1.23. The molecule has 0 aromatic rings. The average molecular weight is 416 g/mol. The lowest BCUT2D eigenvalue weighted by Crippen LogP contribution is -2.61. The number of allylic oxidation sites excluding steroid dienone is 2. The first-order valence-corrected chi connectivity index (χ1v) is 11.9. The van der Waals surface area contributed by atoms with Gasteiger partial charge in [0, 0.05) is 36.8 Å². The molecule has 166 valence electrons. The van der Waals surface area contributed by atoms with E-state index in [1.54, 1.807) is 0 Å². The van der Waals surface area contributed by atoms with E-state index in [-0.39, 0.29) is 71.6 Å². The molecule has 5 nitrogen and oxygen atoms in total. The van der Waals surface area contributed by atoms with Gasteiger partial charge in [0.15, 0.2) is 0 Å². The summed E-state index contributed by atoms with van der Waals surface area (Å²) < 4.78 is 6.57. The van der Waals surface area contributed by atoms with Crippen LogP contribution in [0.1, 0.15) is 60.3 Å². The summed E-state index contributed by atoms with van der Waals surface area (Å²) in [5, 5.41) is 13.2. The molecule has 0 unspecified atom stereocenters. The minimum Gasteiger partial charge on any atom is -0.396 e. The van der Waals surface area contributed by atoms with Crippen LogP contribution in [0.25, 0.3) is 0 Å². The van der Waals surface area contributed by atoms with Gasteiger partial charge in [0.1, 0.15) is 11.2 Å². The largest absolute Gasteiger partial charge is 0.396 e. The Labute approximate surface area is 180 Å². The van der Waals surface area contributed by atoms with Gasteiger partial charge in [-0.3, -0.25) is 9.59 Å². The first-order valence-electron chi connectivity index (χ1n) is 11.9. The highest BCUT2D eigenvalue weighted by molar-refractivity contribution is 6.10. The number of carbonyl (C=O) groups excluding carboxylic acids is 2. The summed E-state index contributed by atoms with van der Waals surface area (Å²) in [6.45, 7) is 11.1. The quantitative estimate of drug-likeness (QED) is 0.549. The first kappa shape index (κ1) is 20.7. The van der Waals surface area contributed by atoms with Crippen molar-refractivity contribution < 1.29 is 19.4 Å². The average Bonchev–Trinajstić information content (AvgIpc) is 3.05. The van der Waals surface area contributed by atoms with Crippen LogP contribution in [0.5, 0.6) is 0 Å². The Kier molecular flexibility index (Phi) is 4.59. The summed E-state index contributed by atoms with van der Waals surface area (Å²) in [7, 11) is 0. The molecular formula is C25H37NO4. The van der Waals surface area contributed by atoms with Gasteiger partial charge in [-0.05, 0) is 56.8 Å².